The van der Waals surface area contributed by atoms with E-state index in [4.69, 9.17) is 10.5 Å². The first-order valence-corrected chi connectivity index (χ1v) is 6.42. The molecule has 0 saturated carbocycles. The van der Waals surface area contributed by atoms with Crippen LogP contribution in [0.2, 0.25) is 0 Å². The summed E-state index contributed by atoms with van der Waals surface area (Å²) in [6.07, 6.45) is 0.600. The molecule has 0 aliphatic heterocycles. The average Bonchev–Trinajstić information content (AvgIpc) is 2.46. The van der Waals surface area contributed by atoms with Crippen molar-refractivity contribution in [3.8, 4) is 5.75 Å². The third kappa shape index (κ3) is 3.33. The van der Waals surface area contributed by atoms with Crippen LogP contribution in [0.15, 0.2) is 42.5 Å². The minimum Gasteiger partial charge on any atom is -0.494 e. The van der Waals surface area contributed by atoms with Gasteiger partial charge in [0.2, 0.25) is 0 Å². The van der Waals surface area contributed by atoms with Gasteiger partial charge < -0.3 is 10.5 Å². The Morgan fingerprint density at radius 2 is 1.80 bits per heavy atom. The van der Waals surface area contributed by atoms with Crippen molar-refractivity contribution in [1.29, 1.82) is 0 Å². The quantitative estimate of drug-likeness (QED) is 0.910. The second-order valence-electron chi connectivity index (χ2n) is 4.66. The number of halogens is 2. The molecule has 1 atom stereocenters. The third-order valence-corrected chi connectivity index (χ3v) is 3.32. The lowest BCUT2D eigenvalue weighted by molar-refractivity contribution is 0.386. The Kier molecular flexibility index (Phi) is 4.69. The van der Waals surface area contributed by atoms with Crippen LogP contribution < -0.4 is 10.5 Å². The molecule has 2 nitrogen and oxygen atoms in total. The Morgan fingerprint density at radius 1 is 1.10 bits per heavy atom. The molecule has 2 aromatic rings. The van der Waals surface area contributed by atoms with Crippen molar-refractivity contribution >= 4 is 0 Å². The van der Waals surface area contributed by atoms with Crippen LogP contribution in [-0.2, 0) is 6.42 Å². The summed E-state index contributed by atoms with van der Waals surface area (Å²) >= 11 is 0. The Morgan fingerprint density at radius 3 is 2.35 bits per heavy atom. The highest BCUT2D eigenvalue weighted by molar-refractivity contribution is 5.31. The fourth-order valence-electron chi connectivity index (χ4n) is 2.19. The zero-order valence-corrected chi connectivity index (χ0v) is 11.3. The number of nitrogens with two attached hydrogens (primary N) is 1. The first-order valence-electron chi connectivity index (χ1n) is 6.42. The van der Waals surface area contributed by atoms with Crippen LogP contribution >= 0.6 is 0 Å². The predicted octanol–water partition coefficient (Wildman–Crippen LogP) is 3.26. The van der Waals surface area contributed by atoms with Gasteiger partial charge in [0.1, 0.15) is 5.82 Å². The maximum atomic E-state index is 13.7. The number of rotatable bonds is 5. The van der Waals surface area contributed by atoms with Gasteiger partial charge in [-0.25, -0.2) is 8.78 Å². The van der Waals surface area contributed by atoms with Gasteiger partial charge in [0.15, 0.2) is 11.6 Å². The van der Waals surface area contributed by atoms with Gasteiger partial charge in [-0.3, -0.25) is 0 Å². The molecule has 20 heavy (non-hydrogen) atoms. The third-order valence-electron chi connectivity index (χ3n) is 3.32. The van der Waals surface area contributed by atoms with Crippen LogP contribution in [0.4, 0.5) is 8.78 Å². The summed E-state index contributed by atoms with van der Waals surface area (Å²) in [4.78, 5) is 0. The van der Waals surface area contributed by atoms with Crippen molar-refractivity contribution in [3.63, 3.8) is 0 Å². The highest BCUT2D eigenvalue weighted by Crippen LogP contribution is 2.24. The summed E-state index contributed by atoms with van der Waals surface area (Å²) in [5.74, 6) is -0.414. The van der Waals surface area contributed by atoms with Crippen molar-refractivity contribution in [2.75, 3.05) is 13.7 Å². The molecular formula is C16H17F2NO. The molecule has 0 saturated heterocycles. The van der Waals surface area contributed by atoms with Gasteiger partial charge in [-0.05, 0) is 48.4 Å². The molecule has 0 aliphatic rings. The highest BCUT2D eigenvalue weighted by atomic mass is 19.1. The predicted molar refractivity (Wildman–Crippen MR) is 74.9 cm³/mol. The summed E-state index contributed by atoms with van der Waals surface area (Å²) in [7, 11) is 1.43. The lowest BCUT2D eigenvalue weighted by atomic mass is 9.92. The van der Waals surface area contributed by atoms with E-state index in [1.54, 1.807) is 18.2 Å². The average molecular weight is 277 g/mol. The van der Waals surface area contributed by atoms with Crippen LogP contribution in [0.1, 0.15) is 17.0 Å². The SMILES string of the molecule is COc1ccc(CC(CN)c2ccc(F)cc2)cc1F. The van der Waals surface area contributed by atoms with Crippen LogP contribution in [0, 0.1) is 11.6 Å². The van der Waals surface area contributed by atoms with E-state index in [-0.39, 0.29) is 23.3 Å². The minimum atomic E-state index is -0.389. The summed E-state index contributed by atoms with van der Waals surface area (Å²) in [5, 5.41) is 0. The lowest BCUT2D eigenvalue weighted by Gasteiger charge is -2.16. The molecule has 0 bridgehead atoms. The first-order chi connectivity index (χ1) is 9.63. The normalized spacial score (nSPS) is 12.2. The highest BCUT2D eigenvalue weighted by Gasteiger charge is 2.12. The standard InChI is InChI=1S/C16H17F2NO/c1-20-16-7-2-11(9-15(16)18)8-13(10-19)12-3-5-14(17)6-4-12/h2-7,9,13H,8,10,19H2,1H3. The first kappa shape index (κ1) is 14.5. The van der Waals surface area contributed by atoms with Crippen molar-refractivity contribution in [3.05, 3.63) is 65.2 Å². The summed E-state index contributed by atoms with van der Waals surface area (Å²) in [6.45, 7) is 0.416. The van der Waals surface area contributed by atoms with Crippen molar-refractivity contribution in [2.45, 2.75) is 12.3 Å². The van der Waals surface area contributed by atoms with Gasteiger partial charge in [-0.15, -0.1) is 0 Å². The van der Waals surface area contributed by atoms with Crippen molar-refractivity contribution in [2.24, 2.45) is 5.73 Å². The molecular weight excluding hydrogens is 260 g/mol. The molecule has 1 unspecified atom stereocenters. The smallest absolute Gasteiger partial charge is 0.165 e. The van der Waals surface area contributed by atoms with Crippen LogP contribution in [-0.4, -0.2) is 13.7 Å². The molecule has 0 spiro atoms. The van der Waals surface area contributed by atoms with E-state index < -0.39 is 0 Å². The maximum Gasteiger partial charge on any atom is 0.165 e. The Labute approximate surface area is 117 Å². The molecule has 0 aliphatic carbocycles. The molecule has 2 N–H and O–H groups in total. The van der Waals surface area contributed by atoms with Gasteiger partial charge in [0, 0.05) is 5.92 Å². The Balaban J connectivity index is 2.17. The van der Waals surface area contributed by atoms with Crippen LogP contribution in [0.25, 0.3) is 0 Å². The van der Waals surface area contributed by atoms with E-state index in [0.29, 0.717) is 13.0 Å². The molecule has 0 fully saturated rings. The van der Waals surface area contributed by atoms with E-state index in [1.165, 1.54) is 25.3 Å². The summed E-state index contributed by atoms with van der Waals surface area (Å²) < 4.78 is 31.5. The number of hydrogen-bond donors (Lipinski definition) is 1. The van der Waals surface area contributed by atoms with E-state index in [0.717, 1.165) is 11.1 Å². The van der Waals surface area contributed by atoms with Gasteiger partial charge in [0.25, 0.3) is 0 Å². The van der Waals surface area contributed by atoms with E-state index in [9.17, 15) is 8.78 Å². The maximum absolute atomic E-state index is 13.7. The van der Waals surface area contributed by atoms with Gasteiger partial charge in [-0.2, -0.15) is 0 Å². The molecule has 106 valence electrons. The molecule has 0 aromatic heterocycles. The molecule has 0 amide bonds. The fraction of sp³-hybridized carbons (Fsp3) is 0.250. The topological polar surface area (TPSA) is 35.2 Å². The van der Waals surface area contributed by atoms with Gasteiger partial charge in [-0.1, -0.05) is 18.2 Å². The van der Waals surface area contributed by atoms with Crippen LogP contribution in [0.5, 0.6) is 5.75 Å². The van der Waals surface area contributed by atoms with E-state index in [2.05, 4.69) is 0 Å². The van der Waals surface area contributed by atoms with Gasteiger partial charge in [0.05, 0.1) is 7.11 Å². The monoisotopic (exact) mass is 277 g/mol. The molecule has 4 heteroatoms. The molecule has 2 aromatic carbocycles. The lowest BCUT2D eigenvalue weighted by Crippen LogP contribution is -2.15. The van der Waals surface area contributed by atoms with Crippen LogP contribution in [0.3, 0.4) is 0 Å². The van der Waals surface area contributed by atoms with E-state index in [1.807, 2.05) is 6.07 Å². The Bertz CT molecular complexity index is 569. The second-order valence-corrected chi connectivity index (χ2v) is 4.66. The van der Waals surface area contributed by atoms with Gasteiger partial charge >= 0.3 is 0 Å². The molecule has 0 heterocycles. The zero-order valence-electron chi connectivity index (χ0n) is 11.3. The van der Waals surface area contributed by atoms with Crippen molar-refractivity contribution in [1.82, 2.24) is 0 Å². The molecule has 0 radical (unpaired) electrons. The van der Waals surface area contributed by atoms with E-state index >= 15 is 0 Å². The minimum absolute atomic E-state index is 0.0309. The van der Waals surface area contributed by atoms with Crippen molar-refractivity contribution < 1.29 is 13.5 Å². The fourth-order valence-corrected chi connectivity index (χ4v) is 2.19. The number of hydrogen-bond acceptors (Lipinski definition) is 2. The largest absolute Gasteiger partial charge is 0.494 e. The Hall–Kier alpha value is -1.94. The summed E-state index contributed by atoms with van der Waals surface area (Å²) in [5.41, 5.74) is 7.56. The number of ether oxygens (including phenoxy) is 1. The summed E-state index contributed by atoms with van der Waals surface area (Å²) in [6, 6.07) is 11.1. The zero-order chi connectivity index (χ0) is 14.5. The number of methoxy groups -OCH3 is 1. The number of benzene rings is 2. The second kappa shape index (κ2) is 6.48. The molecule has 2 rings (SSSR count).